The third-order valence-corrected chi connectivity index (χ3v) is 6.34. The van der Waals surface area contributed by atoms with Gasteiger partial charge in [-0.1, -0.05) is 72.4 Å². The molecule has 2 aromatic rings. The molecule has 2 heterocycles. The molecule has 0 aromatic heterocycles. The summed E-state index contributed by atoms with van der Waals surface area (Å²) in [5, 5.41) is 0.822. The van der Waals surface area contributed by atoms with Crippen LogP contribution in [0.2, 0.25) is 0 Å². The maximum atomic E-state index is 13.0. The van der Waals surface area contributed by atoms with E-state index in [-0.39, 0.29) is 11.9 Å². The molecule has 2 atom stereocenters. The fourth-order valence-corrected chi connectivity index (χ4v) is 4.76. The monoisotopic (exact) mass is 408 g/mol. The molecule has 2 aromatic carbocycles. The summed E-state index contributed by atoms with van der Waals surface area (Å²) in [7, 11) is 3.25. The highest BCUT2D eigenvalue weighted by molar-refractivity contribution is 8.13. The van der Waals surface area contributed by atoms with Gasteiger partial charge in [0.1, 0.15) is 0 Å². The molecule has 4 rings (SSSR count). The fraction of sp³-hybridized carbons (Fsp3) is 0.318. The zero-order valence-corrected chi connectivity index (χ0v) is 17.4. The Balaban J connectivity index is 1.56. The summed E-state index contributed by atoms with van der Waals surface area (Å²) in [5.74, 6) is 0.659. The largest absolute Gasteiger partial charge is 0.331 e. The molecule has 1 fully saturated rings. The van der Waals surface area contributed by atoms with Crippen molar-refractivity contribution in [3.8, 4) is 0 Å². The lowest BCUT2D eigenvalue weighted by Gasteiger charge is -2.40. The molecule has 0 N–H and O–H groups in total. The first-order chi connectivity index (χ1) is 14.1. The number of amidine groups is 1. The molecule has 2 aliphatic rings. The maximum absolute atomic E-state index is 13.0. The maximum Gasteiger partial charge on any atom is 0.328 e. The molecular weight excluding hydrogens is 384 g/mol. The second-order valence-corrected chi connectivity index (χ2v) is 8.32. The Morgan fingerprint density at radius 2 is 1.55 bits per heavy atom. The van der Waals surface area contributed by atoms with Crippen LogP contribution in [0, 0.1) is 0 Å². The molecule has 2 aliphatic heterocycles. The van der Waals surface area contributed by atoms with Crippen LogP contribution in [0.3, 0.4) is 0 Å². The van der Waals surface area contributed by atoms with Gasteiger partial charge in [-0.2, -0.15) is 0 Å². The number of amides is 3. The van der Waals surface area contributed by atoms with Gasteiger partial charge in [-0.3, -0.25) is 9.69 Å². The van der Waals surface area contributed by atoms with Gasteiger partial charge in [0, 0.05) is 26.4 Å². The minimum Gasteiger partial charge on any atom is -0.331 e. The van der Waals surface area contributed by atoms with E-state index in [0.29, 0.717) is 6.54 Å². The molecular formula is C22H24N4O2S. The number of imide groups is 1. The Bertz CT molecular complexity index is 919. The number of aryl methyl sites for hydroxylation is 1. The van der Waals surface area contributed by atoms with Crippen LogP contribution in [0.15, 0.2) is 65.7 Å². The Morgan fingerprint density at radius 3 is 2.21 bits per heavy atom. The van der Waals surface area contributed by atoms with E-state index in [1.165, 1.54) is 10.5 Å². The number of carbonyl (C=O) groups excluding carboxylic acids is 2. The zero-order valence-electron chi connectivity index (χ0n) is 16.6. The van der Waals surface area contributed by atoms with Gasteiger partial charge in [-0.15, -0.1) is 0 Å². The van der Waals surface area contributed by atoms with Crippen molar-refractivity contribution in [2.24, 2.45) is 4.99 Å². The first-order valence-corrected chi connectivity index (χ1v) is 10.6. The second kappa shape index (κ2) is 8.29. The quantitative estimate of drug-likeness (QED) is 0.763. The summed E-state index contributed by atoms with van der Waals surface area (Å²) in [5.41, 5.74) is 2.38. The van der Waals surface area contributed by atoms with Gasteiger partial charge in [0.25, 0.3) is 5.91 Å². The van der Waals surface area contributed by atoms with E-state index >= 15 is 0 Å². The normalized spacial score (nSPS) is 21.4. The molecule has 7 heteroatoms. The van der Waals surface area contributed by atoms with Crippen LogP contribution in [0.4, 0.5) is 4.79 Å². The van der Waals surface area contributed by atoms with Crippen LogP contribution in [0.5, 0.6) is 0 Å². The summed E-state index contributed by atoms with van der Waals surface area (Å²) in [6, 6.07) is 19.6. The van der Waals surface area contributed by atoms with Crippen molar-refractivity contribution in [2.45, 2.75) is 25.2 Å². The number of likely N-dealkylation sites (N-methyl/N-ethyl adjacent to an activating group) is 2. The number of rotatable bonds is 5. The highest BCUT2D eigenvalue weighted by Gasteiger charge is 2.50. The standard InChI is InChI=1S/C22H24N4O2S/c1-24-19-18(20(27)25(2)22(24)28)26(15-17-11-7-4-8-12-17)21(23-19)29-14-13-16-9-5-3-6-10-16/h3-12,18-19H,13-15H2,1-2H3. The summed E-state index contributed by atoms with van der Waals surface area (Å²) in [6.07, 6.45) is 0.441. The van der Waals surface area contributed by atoms with Gasteiger partial charge in [0.05, 0.1) is 0 Å². The average molecular weight is 409 g/mol. The summed E-state index contributed by atoms with van der Waals surface area (Å²) >= 11 is 1.65. The van der Waals surface area contributed by atoms with E-state index in [1.54, 1.807) is 30.8 Å². The number of carbonyl (C=O) groups is 2. The predicted octanol–water partition coefficient (Wildman–Crippen LogP) is 3.05. The van der Waals surface area contributed by atoms with Gasteiger partial charge in [-0.25, -0.2) is 9.79 Å². The number of fused-ring (bicyclic) bond motifs is 1. The van der Waals surface area contributed by atoms with Crippen molar-refractivity contribution in [1.82, 2.24) is 14.7 Å². The van der Waals surface area contributed by atoms with E-state index < -0.39 is 12.2 Å². The molecule has 1 saturated heterocycles. The SMILES string of the molecule is CN1C(=O)C2C(N=C(SCCc3ccccc3)N2Cc2ccccc2)N(C)C1=O. The van der Waals surface area contributed by atoms with Crippen LogP contribution in [0.25, 0.3) is 0 Å². The third-order valence-electron chi connectivity index (χ3n) is 5.34. The minimum atomic E-state index is -0.484. The number of nitrogens with zero attached hydrogens (tertiary/aromatic N) is 4. The molecule has 29 heavy (non-hydrogen) atoms. The first-order valence-electron chi connectivity index (χ1n) is 9.65. The molecule has 6 nitrogen and oxygen atoms in total. The van der Waals surface area contributed by atoms with E-state index in [1.807, 2.05) is 48.5 Å². The highest BCUT2D eigenvalue weighted by Crippen LogP contribution is 2.32. The topological polar surface area (TPSA) is 56.2 Å². The number of thioether (sulfide) groups is 1. The van der Waals surface area contributed by atoms with E-state index in [2.05, 4.69) is 17.0 Å². The van der Waals surface area contributed by atoms with Crippen LogP contribution in [0.1, 0.15) is 11.1 Å². The molecule has 0 spiro atoms. The third kappa shape index (κ3) is 3.87. The Labute approximate surface area is 175 Å². The lowest BCUT2D eigenvalue weighted by Crippen LogP contribution is -2.63. The van der Waals surface area contributed by atoms with Gasteiger partial charge in [-0.05, 0) is 17.5 Å². The Hall–Kier alpha value is -2.80. The lowest BCUT2D eigenvalue weighted by molar-refractivity contribution is -0.136. The fourth-order valence-electron chi connectivity index (χ4n) is 3.71. The minimum absolute atomic E-state index is 0.198. The summed E-state index contributed by atoms with van der Waals surface area (Å²) in [6.45, 7) is 0.584. The van der Waals surface area contributed by atoms with Crippen molar-refractivity contribution in [3.63, 3.8) is 0 Å². The smallest absolute Gasteiger partial charge is 0.328 e. The predicted molar refractivity (Wildman–Crippen MR) is 116 cm³/mol. The molecule has 3 amide bonds. The second-order valence-electron chi connectivity index (χ2n) is 7.26. The van der Waals surface area contributed by atoms with Crippen LogP contribution >= 0.6 is 11.8 Å². The van der Waals surface area contributed by atoms with Gasteiger partial charge in [0.15, 0.2) is 17.4 Å². The van der Waals surface area contributed by atoms with Crippen molar-refractivity contribution < 1.29 is 9.59 Å². The van der Waals surface area contributed by atoms with Gasteiger partial charge in [0.2, 0.25) is 0 Å². The zero-order chi connectivity index (χ0) is 20.4. The number of hydrogen-bond donors (Lipinski definition) is 0. The molecule has 2 unspecified atom stereocenters. The van der Waals surface area contributed by atoms with Crippen molar-refractivity contribution >= 4 is 28.9 Å². The van der Waals surface area contributed by atoms with Crippen molar-refractivity contribution in [2.75, 3.05) is 19.8 Å². The van der Waals surface area contributed by atoms with Gasteiger partial charge < -0.3 is 9.80 Å². The van der Waals surface area contributed by atoms with Crippen LogP contribution in [-0.4, -0.2) is 63.9 Å². The van der Waals surface area contributed by atoms with E-state index in [9.17, 15) is 9.59 Å². The van der Waals surface area contributed by atoms with Gasteiger partial charge >= 0.3 is 6.03 Å². The van der Waals surface area contributed by atoms with Crippen molar-refractivity contribution in [1.29, 1.82) is 0 Å². The van der Waals surface area contributed by atoms with Crippen LogP contribution in [-0.2, 0) is 17.8 Å². The first kappa shape index (κ1) is 19.5. The lowest BCUT2D eigenvalue weighted by atomic mass is 10.1. The number of benzene rings is 2. The molecule has 0 saturated carbocycles. The Morgan fingerprint density at radius 1 is 0.931 bits per heavy atom. The Kier molecular flexibility index (Phi) is 5.58. The highest BCUT2D eigenvalue weighted by atomic mass is 32.2. The van der Waals surface area contributed by atoms with Crippen molar-refractivity contribution in [3.05, 3.63) is 71.8 Å². The van der Waals surface area contributed by atoms with Crippen LogP contribution < -0.4 is 0 Å². The number of hydrogen-bond acceptors (Lipinski definition) is 5. The molecule has 150 valence electrons. The summed E-state index contributed by atoms with van der Waals surface area (Å²) < 4.78 is 0. The van der Waals surface area contributed by atoms with E-state index in [4.69, 9.17) is 4.99 Å². The van der Waals surface area contributed by atoms with E-state index in [0.717, 1.165) is 22.9 Å². The molecule has 0 radical (unpaired) electrons. The molecule has 0 bridgehead atoms. The number of aliphatic imine (C=N–C) groups is 1. The number of urea groups is 1. The summed E-state index contributed by atoms with van der Waals surface area (Å²) in [4.78, 5) is 35.0. The molecule has 0 aliphatic carbocycles. The average Bonchev–Trinajstić information content (AvgIpc) is 3.10.